The van der Waals surface area contributed by atoms with Gasteiger partial charge in [0.05, 0.1) is 11.3 Å². The lowest BCUT2D eigenvalue weighted by Crippen LogP contribution is -2.38. The Bertz CT molecular complexity index is 943. The fraction of sp³-hybridized carbons (Fsp3) is 0.417. The molecule has 0 atom stereocenters. The summed E-state index contributed by atoms with van der Waals surface area (Å²) in [5.74, 6) is -0.470. The van der Waals surface area contributed by atoms with Gasteiger partial charge in [-0.05, 0) is 60.1 Å². The molecule has 0 aliphatic carbocycles. The van der Waals surface area contributed by atoms with Crippen LogP contribution in [0.15, 0.2) is 30.3 Å². The third-order valence-electron chi connectivity index (χ3n) is 5.23. The van der Waals surface area contributed by atoms with Crippen molar-refractivity contribution in [3.8, 4) is 0 Å². The maximum atomic E-state index is 13.4. The number of rotatable bonds is 4. The van der Waals surface area contributed by atoms with Gasteiger partial charge >= 0.3 is 0 Å². The van der Waals surface area contributed by atoms with Crippen molar-refractivity contribution in [1.29, 1.82) is 0 Å². The first-order chi connectivity index (χ1) is 13.5. The number of nitrogens with one attached hydrogen (secondary N) is 1. The van der Waals surface area contributed by atoms with Crippen LogP contribution in [0.5, 0.6) is 0 Å². The summed E-state index contributed by atoms with van der Waals surface area (Å²) < 4.78 is 13.2. The Morgan fingerprint density at radius 2 is 1.79 bits per heavy atom. The Morgan fingerprint density at radius 1 is 1.14 bits per heavy atom. The summed E-state index contributed by atoms with van der Waals surface area (Å²) >= 11 is 0. The average Bonchev–Trinajstić information content (AvgIpc) is 2.61. The van der Waals surface area contributed by atoms with Crippen LogP contribution in [0.2, 0.25) is 0 Å². The summed E-state index contributed by atoms with van der Waals surface area (Å²) in [5, 5.41) is 3.01. The van der Waals surface area contributed by atoms with Crippen molar-refractivity contribution in [1.82, 2.24) is 4.90 Å². The van der Waals surface area contributed by atoms with Gasteiger partial charge in [0.2, 0.25) is 5.91 Å². The molecule has 0 bridgehead atoms. The number of benzene rings is 2. The number of hydrogen-bond acceptors (Lipinski definition) is 2. The van der Waals surface area contributed by atoms with Gasteiger partial charge in [0.15, 0.2) is 0 Å². The zero-order chi connectivity index (χ0) is 21.3. The highest BCUT2D eigenvalue weighted by Crippen LogP contribution is 2.33. The SMILES string of the molecule is Cc1cc(C)c(NC(=O)CC(C)(C)C)c2c1CCN(Cc1ccc(F)cc1)C2=O. The van der Waals surface area contributed by atoms with Crippen molar-refractivity contribution in [3.63, 3.8) is 0 Å². The molecular weight excluding hydrogens is 367 g/mol. The van der Waals surface area contributed by atoms with Crippen molar-refractivity contribution in [3.05, 3.63) is 64.0 Å². The molecule has 0 unspecified atom stereocenters. The Hall–Kier alpha value is -2.69. The molecule has 29 heavy (non-hydrogen) atoms. The Morgan fingerprint density at radius 3 is 2.41 bits per heavy atom. The number of hydrogen-bond donors (Lipinski definition) is 1. The second kappa shape index (κ2) is 7.97. The van der Waals surface area contributed by atoms with Crippen LogP contribution in [-0.2, 0) is 17.8 Å². The monoisotopic (exact) mass is 396 g/mol. The lowest BCUT2D eigenvalue weighted by atomic mass is 9.89. The van der Waals surface area contributed by atoms with Crippen LogP contribution in [0.4, 0.5) is 10.1 Å². The molecule has 154 valence electrons. The first kappa shape index (κ1) is 21.0. The second-order valence-electron chi connectivity index (χ2n) is 9.13. The number of amides is 2. The van der Waals surface area contributed by atoms with Crippen molar-refractivity contribution in [2.45, 2.75) is 54.0 Å². The fourth-order valence-electron chi connectivity index (χ4n) is 3.88. The van der Waals surface area contributed by atoms with E-state index in [0.29, 0.717) is 30.8 Å². The quantitative estimate of drug-likeness (QED) is 0.789. The van der Waals surface area contributed by atoms with Gasteiger partial charge in [-0.25, -0.2) is 4.39 Å². The molecule has 1 aliphatic rings. The number of halogens is 1. The van der Waals surface area contributed by atoms with E-state index in [1.165, 1.54) is 12.1 Å². The Kier molecular flexibility index (Phi) is 5.78. The van der Waals surface area contributed by atoms with E-state index in [9.17, 15) is 14.0 Å². The van der Waals surface area contributed by atoms with Crippen molar-refractivity contribution in [2.75, 3.05) is 11.9 Å². The molecule has 0 aromatic heterocycles. The highest BCUT2D eigenvalue weighted by molar-refractivity contribution is 6.06. The van der Waals surface area contributed by atoms with Gasteiger partial charge in [-0.2, -0.15) is 0 Å². The smallest absolute Gasteiger partial charge is 0.256 e. The molecule has 4 nitrogen and oxygen atoms in total. The largest absolute Gasteiger partial charge is 0.334 e. The van der Waals surface area contributed by atoms with Crippen LogP contribution >= 0.6 is 0 Å². The summed E-state index contributed by atoms with van der Waals surface area (Å²) in [6, 6.07) is 8.25. The van der Waals surface area contributed by atoms with E-state index in [1.807, 2.05) is 40.7 Å². The van der Waals surface area contributed by atoms with Gasteiger partial charge in [0.1, 0.15) is 5.82 Å². The molecule has 1 heterocycles. The van der Waals surface area contributed by atoms with Crippen LogP contribution in [0.25, 0.3) is 0 Å². The number of fused-ring (bicyclic) bond motifs is 1. The van der Waals surface area contributed by atoms with Gasteiger partial charge in [0, 0.05) is 19.5 Å². The van der Waals surface area contributed by atoms with Crippen molar-refractivity contribution >= 4 is 17.5 Å². The van der Waals surface area contributed by atoms with Gasteiger partial charge in [-0.3, -0.25) is 9.59 Å². The minimum absolute atomic E-state index is 0.0879. The van der Waals surface area contributed by atoms with E-state index in [2.05, 4.69) is 5.32 Å². The molecular formula is C24H29FN2O2. The van der Waals surface area contributed by atoms with Gasteiger partial charge < -0.3 is 10.2 Å². The molecule has 3 rings (SSSR count). The predicted octanol–water partition coefficient (Wildman–Crippen LogP) is 5.02. The van der Waals surface area contributed by atoms with Crippen molar-refractivity contribution in [2.24, 2.45) is 5.41 Å². The lowest BCUT2D eigenvalue weighted by Gasteiger charge is -2.32. The number of carbonyl (C=O) groups is 2. The first-order valence-electron chi connectivity index (χ1n) is 10.0. The topological polar surface area (TPSA) is 49.4 Å². The molecule has 1 N–H and O–H groups in total. The van der Waals surface area contributed by atoms with Crippen LogP contribution in [0.1, 0.15) is 59.8 Å². The molecule has 0 saturated carbocycles. The lowest BCUT2D eigenvalue weighted by molar-refractivity contribution is -0.117. The maximum Gasteiger partial charge on any atom is 0.256 e. The summed E-state index contributed by atoms with van der Waals surface area (Å²) in [4.78, 5) is 27.7. The molecule has 2 amide bonds. The molecule has 1 aliphatic heterocycles. The summed E-state index contributed by atoms with van der Waals surface area (Å²) in [5.41, 5.74) is 4.92. The van der Waals surface area contributed by atoms with Crippen molar-refractivity contribution < 1.29 is 14.0 Å². The van der Waals surface area contributed by atoms with Gasteiger partial charge in [0.25, 0.3) is 5.91 Å². The van der Waals surface area contributed by atoms with Gasteiger partial charge in [-0.15, -0.1) is 0 Å². The number of carbonyl (C=O) groups excluding carboxylic acids is 2. The van der Waals surface area contributed by atoms with Gasteiger partial charge in [-0.1, -0.05) is 39.0 Å². The minimum atomic E-state index is -0.292. The third-order valence-corrected chi connectivity index (χ3v) is 5.23. The van der Waals surface area contributed by atoms with E-state index in [4.69, 9.17) is 0 Å². The van der Waals surface area contributed by atoms with Crippen LogP contribution in [0, 0.1) is 25.1 Å². The van der Waals surface area contributed by atoms with Crippen LogP contribution in [-0.4, -0.2) is 23.3 Å². The molecule has 0 fully saturated rings. The minimum Gasteiger partial charge on any atom is -0.334 e. The van der Waals surface area contributed by atoms with E-state index in [-0.39, 0.29) is 23.0 Å². The van der Waals surface area contributed by atoms with E-state index in [1.54, 1.807) is 17.0 Å². The highest BCUT2D eigenvalue weighted by Gasteiger charge is 2.30. The molecule has 0 spiro atoms. The van der Waals surface area contributed by atoms with E-state index < -0.39 is 0 Å². The maximum absolute atomic E-state index is 13.4. The molecule has 2 aromatic rings. The standard InChI is InChI=1S/C24H29FN2O2/c1-15-12-16(2)22(26-20(28)13-24(3,4)5)21-19(15)10-11-27(23(21)29)14-17-6-8-18(25)9-7-17/h6-9,12H,10-11,13-14H2,1-5H3,(H,26,28). The van der Waals surface area contributed by atoms with E-state index >= 15 is 0 Å². The number of anilines is 1. The summed E-state index contributed by atoms with van der Waals surface area (Å²) in [7, 11) is 0. The predicted molar refractivity (Wildman–Crippen MR) is 113 cm³/mol. The zero-order valence-corrected chi connectivity index (χ0v) is 17.9. The fourth-order valence-corrected chi connectivity index (χ4v) is 3.88. The summed E-state index contributed by atoms with van der Waals surface area (Å²) in [6.45, 7) is 11.0. The van der Waals surface area contributed by atoms with Crippen LogP contribution < -0.4 is 5.32 Å². The normalized spacial score (nSPS) is 14.0. The number of nitrogens with zero attached hydrogens (tertiary/aromatic N) is 1. The Labute approximate surface area is 172 Å². The zero-order valence-electron chi connectivity index (χ0n) is 17.9. The molecule has 5 heteroatoms. The average molecular weight is 397 g/mol. The molecule has 0 radical (unpaired) electrons. The summed E-state index contributed by atoms with van der Waals surface area (Å²) in [6.07, 6.45) is 1.11. The van der Waals surface area contributed by atoms with E-state index in [0.717, 1.165) is 28.7 Å². The first-order valence-corrected chi connectivity index (χ1v) is 10.0. The highest BCUT2D eigenvalue weighted by atomic mass is 19.1. The Balaban J connectivity index is 1.93. The van der Waals surface area contributed by atoms with Crippen LogP contribution in [0.3, 0.4) is 0 Å². The molecule has 0 saturated heterocycles. The third kappa shape index (κ3) is 4.84. The molecule has 2 aromatic carbocycles. The second-order valence-corrected chi connectivity index (χ2v) is 9.13. The number of aryl methyl sites for hydroxylation is 2.